The minimum Gasteiger partial charge on any atom is -0.496 e. The molecule has 0 amide bonds. The zero-order chi connectivity index (χ0) is 14.4. The minimum atomic E-state index is -0.207. The number of halogens is 2. The third-order valence-corrected chi connectivity index (χ3v) is 3.79. The van der Waals surface area contributed by atoms with Crippen LogP contribution in [0.2, 0.25) is 0 Å². The second kappa shape index (κ2) is 7.30. The molecule has 2 aromatic rings. The van der Waals surface area contributed by atoms with Gasteiger partial charge in [-0.25, -0.2) is 4.39 Å². The van der Waals surface area contributed by atoms with Crippen molar-refractivity contribution in [2.24, 2.45) is 5.92 Å². The standard InChI is InChI=1S/C17H18ClFO/c1-20-17-5-3-2-4-15(17)11-14(12-18)10-13-6-8-16(19)9-7-13/h2-9,14H,10-12H2,1H3. The second-order valence-corrected chi connectivity index (χ2v) is 5.18. The highest BCUT2D eigenvalue weighted by molar-refractivity contribution is 6.18. The first-order valence-corrected chi connectivity index (χ1v) is 7.18. The normalized spacial score (nSPS) is 12.2. The maximum absolute atomic E-state index is 12.9. The lowest BCUT2D eigenvalue weighted by molar-refractivity contribution is 0.405. The third kappa shape index (κ3) is 3.97. The number of benzene rings is 2. The van der Waals surface area contributed by atoms with Gasteiger partial charge in [0.15, 0.2) is 0 Å². The molecule has 3 heteroatoms. The van der Waals surface area contributed by atoms with Crippen molar-refractivity contribution in [1.82, 2.24) is 0 Å². The van der Waals surface area contributed by atoms with Crippen LogP contribution in [-0.2, 0) is 12.8 Å². The van der Waals surface area contributed by atoms with Crippen LogP contribution >= 0.6 is 11.6 Å². The number of methoxy groups -OCH3 is 1. The van der Waals surface area contributed by atoms with Crippen LogP contribution in [0.15, 0.2) is 48.5 Å². The largest absolute Gasteiger partial charge is 0.496 e. The summed E-state index contributed by atoms with van der Waals surface area (Å²) in [6.45, 7) is 0. The molecule has 0 bridgehead atoms. The van der Waals surface area contributed by atoms with Gasteiger partial charge in [0, 0.05) is 5.88 Å². The molecule has 0 spiro atoms. The molecule has 1 nitrogen and oxygen atoms in total. The first-order chi connectivity index (χ1) is 9.72. The number of para-hydroxylation sites is 1. The predicted molar refractivity (Wildman–Crippen MR) is 81.0 cm³/mol. The number of alkyl halides is 1. The molecule has 0 saturated heterocycles. The van der Waals surface area contributed by atoms with E-state index in [1.165, 1.54) is 12.1 Å². The molecule has 20 heavy (non-hydrogen) atoms. The molecule has 0 aliphatic rings. The third-order valence-electron chi connectivity index (χ3n) is 3.36. The highest BCUT2D eigenvalue weighted by Crippen LogP contribution is 2.23. The SMILES string of the molecule is COc1ccccc1CC(CCl)Cc1ccc(F)cc1. The molecule has 2 rings (SSSR count). The van der Waals surface area contributed by atoms with Crippen LogP contribution in [0.1, 0.15) is 11.1 Å². The van der Waals surface area contributed by atoms with Crippen LogP contribution < -0.4 is 4.74 Å². The van der Waals surface area contributed by atoms with Crippen LogP contribution in [0.5, 0.6) is 5.75 Å². The number of hydrogen-bond acceptors (Lipinski definition) is 1. The van der Waals surface area contributed by atoms with Gasteiger partial charge in [-0.15, -0.1) is 11.6 Å². The first kappa shape index (κ1) is 14.9. The average Bonchev–Trinajstić information content (AvgIpc) is 2.49. The van der Waals surface area contributed by atoms with E-state index in [4.69, 9.17) is 16.3 Å². The van der Waals surface area contributed by atoms with Gasteiger partial charge in [0.05, 0.1) is 7.11 Å². The molecule has 0 heterocycles. The zero-order valence-electron chi connectivity index (χ0n) is 11.5. The first-order valence-electron chi connectivity index (χ1n) is 6.65. The van der Waals surface area contributed by atoms with Crippen LogP contribution in [0.4, 0.5) is 4.39 Å². The van der Waals surface area contributed by atoms with Gasteiger partial charge in [-0.2, -0.15) is 0 Å². The van der Waals surface area contributed by atoms with Gasteiger partial charge in [0.1, 0.15) is 11.6 Å². The fourth-order valence-electron chi connectivity index (χ4n) is 2.32. The quantitative estimate of drug-likeness (QED) is 0.714. The topological polar surface area (TPSA) is 9.23 Å². The molecule has 0 aromatic heterocycles. The van der Waals surface area contributed by atoms with Crippen molar-refractivity contribution in [3.8, 4) is 5.75 Å². The Morgan fingerprint density at radius 3 is 2.40 bits per heavy atom. The summed E-state index contributed by atoms with van der Waals surface area (Å²) in [5.74, 6) is 1.55. The van der Waals surface area contributed by atoms with Gasteiger partial charge in [-0.1, -0.05) is 30.3 Å². The minimum absolute atomic E-state index is 0.207. The van der Waals surface area contributed by atoms with Crippen molar-refractivity contribution in [3.63, 3.8) is 0 Å². The smallest absolute Gasteiger partial charge is 0.123 e. The Morgan fingerprint density at radius 1 is 1.05 bits per heavy atom. The summed E-state index contributed by atoms with van der Waals surface area (Å²) in [5, 5.41) is 0. The van der Waals surface area contributed by atoms with E-state index >= 15 is 0 Å². The summed E-state index contributed by atoms with van der Waals surface area (Å²) in [7, 11) is 1.68. The number of hydrogen-bond donors (Lipinski definition) is 0. The summed E-state index contributed by atoms with van der Waals surface area (Å²) in [6, 6.07) is 14.6. The maximum atomic E-state index is 12.9. The van der Waals surface area contributed by atoms with Crippen LogP contribution in [0, 0.1) is 11.7 Å². The van der Waals surface area contributed by atoms with E-state index in [0.29, 0.717) is 11.8 Å². The molecule has 0 radical (unpaired) electrons. The van der Waals surface area contributed by atoms with Crippen molar-refractivity contribution in [2.45, 2.75) is 12.8 Å². The van der Waals surface area contributed by atoms with Gasteiger partial charge in [0.2, 0.25) is 0 Å². The van der Waals surface area contributed by atoms with Gasteiger partial charge in [-0.3, -0.25) is 0 Å². The lowest BCUT2D eigenvalue weighted by Crippen LogP contribution is -2.11. The van der Waals surface area contributed by atoms with Crippen molar-refractivity contribution in [3.05, 3.63) is 65.5 Å². The van der Waals surface area contributed by atoms with Gasteiger partial charge in [-0.05, 0) is 48.1 Å². The molecule has 106 valence electrons. The van der Waals surface area contributed by atoms with E-state index in [9.17, 15) is 4.39 Å². The van der Waals surface area contributed by atoms with Gasteiger partial charge in [0.25, 0.3) is 0 Å². The molecule has 1 unspecified atom stereocenters. The molecule has 0 aliphatic heterocycles. The summed E-state index contributed by atoms with van der Waals surface area (Å²) in [4.78, 5) is 0. The number of ether oxygens (including phenoxy) is 1. The van der Waals surface area contributed by atoms with Crippen LogP contribution in [0.3, 0.4) is 0 Å². The molecule has 0 saturated carbocycles. The highest BCUT2D eigenvalue weighted by Gasteiger charge is 2.12. The Kier molecular flexibility index (Phi) is 5.42. The van der Waals surface area contributed by atoms with E-state index < -0.39 is 0 Å². The Balaban J connectivity index is 2.07. The lowest BCUT2D eigenvalue weighted by atomic mass is 9.93. The van der Waals surface area contributed by atoms with Gasteiger partial charge < -0.3 is 4.74 Å². The average molecular weight is 293 g/mol. The molecule has 0 N–H and O–H groups in total. The molecule has 2 aromatic carbocycles. The summed E-state index contributed by atoms with van der Waals surface area (Å²) < 4.78 is 18.3. The highest BCUT2D eigenvalue weighted by atomic mass is 35.5. The number of rotatable bonds is 6. The van der Waals surface area contributed by atoms with E-state index in [1.54, 1.807) is 7.11 Å². The van der Waals surface area contributed by atoms with Crippen LogP contribution in [0.25, 0.3) is 0 Å². The van der Waals surface area contributed by atoms with Crippen molar-refractivity contribution < 1.29 is 9.13 Å². The lowest BCUT2D eigenvalue weighted by Gasteiger charge is -2.16. The Hall–Kier alpha value is -1.54. The Labute approximate surface area is 124 Å². The van der Waals surface area contributed by atoms with E-state index in [0.717, 1.165) is 29.7 Å². The fraction of sp³-hybridized carbons (Fsp3) is 0.294. The van der Waals surface area contributed by atoms with E-state index in [2.05, 4.69) is 6.07 Å². The Morgan fingerprint density at radius 2 is 1.75 bits per heavy atom. The summed E-state index contributed by atoms with van der Waals surface area (Å²) >= 11 is 6.08. The van der Waals surface area contributed by atoms with Crippen molar-refractivity contribution in [2.75, 3.05) is 13.0 Å². The molecular formula is C17H18ClFO. The maximum Gasteiger partial charge on any atom is 0.123 e. The summed E-state index contributed by atoms with van der Waals surface area (Å²) in [5.41, 5.74) is 2.26. The fourth-order valence-corrected chi connectivity index (χ4v) is 2.54. The van der Waals surface area contributed by atoms with E-state index in [-0.39, 0.29) is 5.82 Å². The molecule has 0 aliphatic carbocycles. The molecular weight excluding hydrogens is 275 g/mol. The van der Waals surface area contributed by atoms with Crippen molar-refractivity contribution >= 4 is 11.6 Å². The monoisotopic (exact) mass is 292 g/mol. The second-order valence-electron chi connectivity index (χ2n) is 4.87. The molecule has 1 atom stereocenters. The van der Waals surface area contributed by atoms with Crippen LogP contribution in [-0.4, -0.2) is 13.0 Å². The van der Waals surface area contributed by atoms with Crippen molar-refractivity contribution in [1.29, 1.82) is 0 Å². The van der Waals surface area contributed by atoms with Gasteiger partial charge >= 0.3 is 0 Å². The predicted octanol–water partition coefficient (Wildman–Crippen LogP) is 4.47. The Bertz CT molecular complexity index is 539. The summed E-state index contributed by atoms with van der Waals surface area (Å²) in [6.07, 6.45) is 1.69. The molecule has 0 fully saturated rings. The zero-order valence-corrected chi connectivity index (χ0v) is 12.2. The van der Waals surface area contributed by atoms with E-state index in [1.807, 2.05) is 30.3 Å².